The van der Waals surface area contributed by atoms with Crippen LogP contribution in [0.3, 0.4) is 0 Å². The average Bonchev–Trinajstić information content (AvgIpc) is 3.12. The van der Waals surface area contributed by atoms with Crippen molar-refractivity contribution in [2.75, 3.05) is 18.5 Å². The van der Waals surface area contributed by atoms with Crippen LogP contribution in [0.25, 0.3) is 0 Å². The van der Waals surface area contributed by atoms with Crippen molar-refractivity contribution >= 4 is 35.1 Å². The summed E-state index contributed by atoms with van der Waals surface area (Å²) in [7, 11) is 0. The summed E-state index contributed by atoms with van der Waals surface area (Å²) in [6.07, 6.45) is 5.25. The summed E-state index contributed by atoms with van der Waals surface area (Å²) in [6, 6.07) is 5.35. The lowest BCUT2D eigenvalue weighted by atomic mass is 9.69. The number of aliphatic hydroxyl groups is 1. The molecule has 2 amide bonds. The van der Waals surface area contributed by atoms with E-state index in [-0.39, 0.29) is 36.9 Å². The van der Waals surface area contributed by atoms with Gasteiger partial charge in [0.15, 0.2) is 0 Å². The van der Waals surface area contributed by atoms with E-state index in [0.29, 0.717) is 17.1 Å². The van der Waals surface area contributed by atoms with Gasteiger partial charge in [-0.2, -0.15) is 0 Å². The van der Waals surface area contributed by atoms with Crippen molar-refractivity contribution < 1.29 is 24.2 Å². The smallest absolute Gasteiger partial charge is 0.310 e. The summed E-state index contributed by atoms with van der Waals surface area (Å²) in [5.41, 5.74) is 0.558. The van der Waals surface area contributed by atoms with E-state index in [0.717, 1.165) is 6.42 Å². The number of allylic oxidation sites excluding steroid dienone is 1. The van der Waals surface area contributed by atoms with Crippen molar-refractivity contribution in [3.63, 3.8) is 0 Å². The molecule has 7 nitrogen and oxygen atoms in total. The molecule has 1 fully saturated rings. The topological polar surface area (TPSA) is 95.9 Å². The molecule has 0 radical (unpaired) electrons. The van der Waals surface area contributed by atoms with E-state index < -0.39 is 35.8 Å². The Morgan fingerprint density at radius 2 is 1.85 bits per heavy atom. The van der Waals surface area contributed by atoms with Gasteiger partial charge in [0.2, 0.25) is 11.8 Å². The molecule has 1 aliphatic carbocycles. The third kappa shape index (κ3) is 5.01. The fourth-order valence-electron chi connectivity index (χ4n) is 5.32. The molecule has 0 aromatic heterocycles. The van der Waals surface area contributed by atoms with Gasteiger partial charge in [-0.25, -0.2) is 0 Å². The van der Waals surface area contributed by atoms with Crippen LogP contribution < -0.4 is 5.32 Å². The van der Waals surface area contributed by atoms with Gasteiger partial charge < -0.3 is 20.1 Å². The molecule has 186 valence electrons. The van der Waals surface area contributed by atoms with E-state index in [4.69, 9.17) is 16.3 Å². The highest BCUT2D eigenvalue weighted by Gasteiger charge is 2.59. The molecule has 0 bridgehead atoms. The molecule has 2 aliphatic rings. The number of likely N-dealkylation sites (tertiary alicyclic amines) is 1. The highest BCUT2D eigenvalue weighted by atomic mass is 35.5. The van der Waals surface area contributed by atoms with Crippen LogP contribution in [0.1, 0.15) is 40.5 Å². The van der Waals surface area contributed by atoms with Crippen molar-refractivity contribution in [3.05, 3.63) is 41.4 Å². The van der Waals surface area contributed by atoms with Crippen LogP contribution >= 0.6 is 11.6 Å². The average molecular weight is 491 g/mol. The molecular formula is C26H35ClN2O5. The number of rotatable bonds is 9. The molecule has 0 saturated carbocycles. The summed E-state index contributed by atoms with van der Waals surface area (Å²) in [5.74, 6) is -3.12. The largest absolute Gasteiger partial charge is 0.466 e. The van der Waals surface area contributed by atoms with Crippen LogP contribution in [0.15, 0.2) is 36.4 Å². The number of halogens is 1. The summed E-state index contributed by atoms with van der Waals surface area (Å²) in [5, 5.41) is 13.7. The second-order valence-corrected chi connectivity index (χ2v) is 9.60. The van der Waals surface area contributed by atoms with Crippen molar-refractivity contribution in [3.8, 4) is 0 Å². The third-order valence-corrected chi connectivity index (χ3v) is 7.55. The van der Waals surface area contributed by atoms with Gasteiger partial charge in [0.25, 0.3) is 0 Å². The highest BCUT2D eigenvalue weighted by molar-refractivity contribution is 6.30. The quantitative estimate of drug-likeness (QED) is 0.404. The van der Waals surface area contributed by atoms with Gasteiger partial charge >= 0.3 is 5.97 Å². The summed E-state index contributed by atoms with van der Waals surface area (Å²) >= 11 is 5.97. The van der Waals surface area contributed by atoms with E-state index in [2.05, 4.69) is 5.32 Å². The summed E-state index contributed by atoms with van der Waals surface area (Å²) in [4.78, 5) is 42.1. The molecule has 3 rings (SSSR count). The zero-order valence-electron chi connectivity index (χ0n) is 20.2. The number of esters is 1. The van der Waals surface area contributed by atoms with Gasteiger partial charge in [0.05, 0.1) is 31.1 Å². The van der Waals surface area contributed by atoms with Crippen LogP contribution in [0, 0.1) is 29.6 Å². The SMILES string of the molecule is CCOC(=O)[C@H]1[C@H]2C(=O)N([C@@H](CO)[C@@H](C)CC)[C@H](C(=O)Nc3ccc(Cl)cc3)[C@H]2C=C[C@H]1CC. The predicted octanol–water partition coefficient (Wildman–Crippen LogP) is 3.90. The van der Waals surface area contributed by atoms with E-state index in [9.17, 15) is 19.5 Å². The lowest BCUT2D eigenvalue weighted by molar-refractivity contribution is -0.156. The van der Waals surface area contributed by atoms with Crippen LogP contribution in [0.5, 0.6) is 0 Å². The van der Waals surface area contributed by atoms with Gasteiger partial charge in [-0.1, -0.05) is 50.9 Å². The van der Waals surface area contributed by atoms with Crippen LogP contribution in [-0.2, 0) is 19.1 Å². The second-order valence-electron chi connectivity index (χ2n) is 9.16. The summed E-state index contributed by atoms with van der Waals surface area (Å²) < 4.78 is 5.36. The van der Waals surface area contributed by atoms with Gasteiger partial charge in [-0.05, 0) is 49.4 Å². The normalized spacial score (nSPS) is 27.8. The number of nitrogens with one attached hydrogen (secondary N) is 1. The lowest BCUT2D eigenvalue weighted by Crippen LogP contribution is -2.52. The zero-order valence-corrected chi connectivity index (χ0v) is 21.0. The second kappa shape index (κ2) is 11.4. The minimum Gasteiger partial charge on any atom is -0.466 e. The number of amides is 2. The van der Waals surface area contributed by atoms with Gasteiger partial charge in [-0.15, -0.1) is 0 Å². The maximum Gasteiger partial charge on any atom is 0.310 e. The number of nitrogens with zero attached hydrogens (tertiary/aromatic N) is 1. The van der Waals surface area contributed by atoms with E-state index >= 15 is 0 Å². The Morgan fingerprint density at radius 3 is 2.41 bits per heavy atom. The molecule has 1 aliphatic heterocycles. The number of aliphatic hydroxyl groups excluding tert-OH is 1. The fourth-order valence-corrected chi connectivity index (χ4v) is 5.44. The molecule has 1 saturated heterocycles. The number of benzene rings is 1. The molecule has 2 N–H and O–H groups in total. The van der Waals surface area contributed by atoms with E-state index in [1.807, 2.05) is 32.9 Å². The van der Waals surface area contributed by atoms with E-state index in [1.54, 1.807) is 31.2 Å². The Labute approximate surface area is 206 Å². The van der Waals surface area contributed by atoms with Crippen molar-refractivity contribution in [2.45, 2.75) is 52.6 Å². The fraction of sp³-hybridized carbons (Fsp3) is 0.577. The molecule has 1 aromatic rings. The van der Waals surface area contributed by atoms with Gasteiger partial charge in [-0.3, -0.25) is 14.4 Å². The predicted molar refractivity (Wildman–Crippen MR) is 131 cm³/mol. The van der Waals surface area contributed by atoms with Crippen LogP contribution in [0.4, 0.5) is 5.69 Å². The Balaban J connectivity index is 2.05. The molecule has 34 heavy (non-hydrogen) atoms. The Kier molecular flexibility index (Phi) is 8.77. The molecule has 8 heteroatoms. The number of carbonyl (C=O) groups excluding carboxylic acids is 3. The number of anilines is 1. The van der Waals surface area contributed by atoms with Crippen molar-refractivity contribution in [2.24, 2.45) is 29.6 Å². The maximum absolute atomic E-state index is 13.9. The molecule has 1 aromatic carbocycles. The Morgan fingerprint density at radius 1 is 1.18 bits per heavy atom. The Bertz CT molecular complexity index is 918. The monoisotopic (exact) mass is 490 g/mol. The molecule has 0 unspecified atom stereocenters. The highest BCUT2D eigenvalue weighted by Crippen LogP contribution is 2.46. The maximum atomic E-state index is 13.9. The first kappa shape index (κ1) is 26.2. The number of ether oxygens (including phenoxy) is 1. The van der Waals surface area contributed by atoms with Crippen LogP contribution in [0.2, 0.25) is 5.02 Å². The lowest BCUT2D eigenvalue weighted by Gasteiger charge is -2.36. The molecule has 0 spiro atoms. The number of hydrogen-bond donors (Lipinski definition) is 2. The van der Waals surface area contributed by atoms with Gasteiger partial charge in [0.1, 0.15) is 6.04 Å². The zero-order chi connectivity index (χ0) is 25.0. The third-order valence-electron chi connectivity index (χ3n) is 7.30. The number of hydrogen-bond acceptors (Lipinski definition) is 5. The van der Waals surface area contributed by atoms with E-state index in [1.165, 1.54) is 4.90 Å². The van der Waals surface area contributed by atoms with Crippen molar-refractivity contribution in [1.82, 2.24) is 4.90 Å². The standard InChI is InChI=1S/C26H35ClN2O5/c1-5-15(4)20(14-30)29-23(24(31)28-18-11-9-17(27)10-12-18)19-13-8-16(6-2)21(22(19)25(29)32)26(33)34-7-3/h8-13,15-16,19-23,30H,5-7,14H2,1-4H3,(H,28,31)/t15-,16+,19-,20-,21+,22-,23-/m0/s1. The Hall–Kier alpha value is -2.38. The van der Waals surface area contributed by atoms with Crippen LogP contribution in [-0.4, -0.2) is 53.1 Å². The number of fused-ring (bicyclic) bond motifs is 1. The minimum absolute atomic E-state index is 0.0353. The first-order valence-corrected chi connectivity index (χ1v) is 12.5. The minimum atomic E-state index is -0.856. The summed E-state index contributed by atoms with van der Waals surface area (Å²) in [6.45, 7) is 7.60. The molecule has 1 heterocycles. The first-order chi connectivity index (χ1) is 16.3. The molecule has 7 atom stereocenters. The molecular weight excluding hydrogens is 456 g/mol. The van der Waals surface area contributed by atoms with Crippen molar-refractivity contribution in [1.29, 1.82) is 0 Å². The van der Waals surface area contributed by atoms with Gasteiger partial charge in [0, 0.05) is 16.6 Å². The number of carbonyl (C=O) groups is 3. The first-order valence-electron chi connectivity index (χ1n) is 12.1.